The Labute approximate surface area is 169 Å². The largest absolute Gasteiger partial charge is 0.392 e. The van der Waals surface area contributed by atoms with Crippen LogP contribution in [0.3, 0.4) is 0 Å². The van der Waals surface area contributed by atoms with Crippen molar-refractivity contribution in [3.05, 3.63) is 52.9 Å². The molecule has 0 aliphatic carbocycles. The van der Waals surface area contributed by atoms with Gasteiger partial charge in [-0.15, -0.1) is 0 Å². The van der Waals surface area contributed by atoms with Crippen LogP contribution in [0.5, 0.6) is 0 Å². The van der Waals surface area contributed by atoms with Gasteiger partial charge in [-0.05, 0) is 43.2 Å². The maximum absolute atomic E-state index is 13.8. The molecule has 1 saturated heterocycles. The fourth-order valence-corrected chi connectivity index (χ4v) is 3.10. The van der Waals surface area contributed by atoms with Gasteiger partial charge < -0.3 is 15.6 Å². The molecule has 3 heterocycles. The second-order valence-corrected chi connectivity index (χ2v) is 7.10. The molecule has 1 aliphatic rings. The molecule has 3 rings (SSSR count). The third kappa shape index (κ3) is 6.02. The van der Waals surface area contributed by atoms with Gasteiger partial charge in [-0.2, -0.15) is 18.2 Å². The fraction of sp³-hybridized carbons (Fsp3) is 0.421. The van der Waals surface area contributed by atoms with E-state index in [0.29, 0.717) is 35.7 Å². The van der Waals surface area contributed by atoms with E-state index in [1.165, 1.54) is 10.8 Å². The van der Waals surface area contributed by atoms with Crippen molar-refractivity contribution in [3.63, 3.8) is 0 Å². The summed E-state index contributed by atoms with van der Waals surface area (Å²) in [6, 6.07) is 0. The number of aromatic amines is 1. The van der Waals surface area contributed by atoms with Gasteiger partial charge in [-0.3, -0.25) is 4.57 Å². The first-order valence-electron chi connectivity index (χ1n) is 9.39. The highest BCUT2D eigenvalue weighted by Crippen LogP contribution is 2.20. The van der Waals surface area contributed by atoms with Crippen LogP contribution in [-0.2, 0) is 6.54 Å². The van der Waals surface area contributed by atoms with Gasteiger partial charge in [0.2, 0.25) is 5.95 Å². The van der Waals surface area contributed by atoms with Gasteiger partial charge in [-0.25, -0.2) is 14.2 Å². The van der Waals surface area contributed by atoms with Gasteiger partial charge in [-0.1, -0.05) is 12.7 Å². The molecule has 0 amide bonds. The molecular weight excluding hydrogens is 404 g/mol. The summed E-state index contributed by atoms with van der Waals surface area (Å²) in [4.78, 5) is 23.4. The lowest BCUT2D eigenvalue weighted by Gasteiger charge is -2.10. The van der Waals surface area contributed by atoms with Crippen LogP contribution in [0.25, 0.3) is 11.2 Å². The highest BCUT2D eigenvalue weighted by molar-refractivity contribution is 5.71. The minimum Gasteiger partial charge on any atom is -0.354 e. The van der Waals surface area contributed by atoms with Crippen molar-refractivity contribution in [2.45, 2.75) is 25.6 Å². The van der Waals surface area contributed by atoms with Crippen LogP contribution in [-0.4, -0.2) is 45.3 Å². The highest BCUT2D eigenvalue weighted by atomic mass is 19.4. The molecule has 0 bridgehead atoms. The molecule has 1 aliphatic heterocycles. The first kappa shape index (κ1) is 21.8. The lowest BCUT2D eigenvalue weighted by Crippen LogP contribution is -2.19. The zero-order chi connectivity index (χ0) is 21.7. The number of imidazole rings is 1. The van der Waals surface area contributed by atoms with Crippen LogP contribution in [0.4, 0.5) is 23.5 Å². The van der Waals surface area contributed by atoms with Crippen molar-refractivity contribution in [2.75, 3.05) is 25.0 Å². The molecule has 7 nitrogen and oxygen atoms in total. The predicted molar refractivity (Wildman–Crippen MR) is 106 cm³/mol. The van der Waals surface area contributed by atoms with Crippen molar-refractivity contribution in [2.24, 2.45) is 5.92 Å². The third-order valence-electron chi connectivity index (χ3n) is 4.55. The van der Waals surface area contributed by atoms with Gasteiger partial charge in [0.05, 0.1) is 19.2 Å². The number of aromatic nitrogens is 4. The molecule has 1 fully saturated rings. The maximum atomic E-state index is 13.8. The van der Waals surface area contributed by atoms with E-state index in [0.717, 1.165) is 31.7 Å². The third-order valence-corrected chi connectivity index (χ3v) is 4.55. The normalized spacial score (nSPS) is 17.9. The average Bonchev–Trinajstić information content (AvgIpc) is 3.27. The van der Waals surface area contributed by atoms with Crippen molar-refractivity contribution in [1.29, 1.82) is 0 Å². The molecule has 0 aromatic carbocycles. The lowest BCUT2D eigenvalue weighted by molar-refractivity contribution is -0.125. The number of anilines is 1. The second kappa shape index (κ2) is 9.24. The summed E-state index contributed by atoms with van der Waals surface area (Å²) >= 11 is 0. The summed E-state index contributed by atoms with van der Waals surface area (Å²) in [5, 5.41) is 6.42. The first-order valence-corrected chi connectivity index (χ1v) is 9.39. The second-order valence-electron chi connectivity index (χ2n) is 7.10. The summed E-state index contributed by atoms with van der Waals surface area (Å²) in [7, 11) is 0. The Bertz CT molecular complexity index is 1010. The van der Waals surface area contributed by atoms with E-state index in [4.69, 9.17) is 0 Å². The lowest BCUT2D eigenvalue weighted by atomic mass is 10.1. The monoisotopic (exact) mass is 426 g/mol. The number of fused-ring (bicyclic) bond motifs is 1. The predicted octanol–water partition coefficient (Wildman–Crippen LogP) is 3.06. The van der Waals surface area contributed by atoms with Gasteiger partial charge >= 0.3 is 11.9 Å². The van der Waals surface area contributed by atoms with Gasteiger partial charge in [0.15, 0.2) is 5.65 Å². The standard InChI is InChI=1S/C19H22F4N6O/c1-12(7-14(20)3-2-5-19(21,22)23)11-29-16-15(27-18(29)30)10-26-17(28-16)25-9-13-4-6-24-8-13/h2-3,7,10,13,24H,1,4-6,8-9,11H2,(H,27,30)(H,25,26,28)/b3-2-,14-7+/t13-/m1/s1. The number of hydrogen-bond acceptors (Lipinski definition) is 5. The SMILES string of the molecule is C=C(/C=C(F)\C=C/CC(F)(F)F)Cn1c(=O)[nH]c2cnc(NC[C@@H]3CCNC3)nc21. The molecule has 11 heteroatoms. The molecule has 0 spiro atoms. The fourth-order valence-electron chi connectivity index (χ4n) is 3.10. The van der Waals surface area contributed by atoms with Gasteiger partial charge in [0, 0.05) is 6.54 Å². The maximum Gasteiger partial charge on any atom is 0.392 e. The quantitative estimate of drug-likeness (QED) is 0.446. The smallest absolute Gasteiger partial charge is 0.354 e. The topological polar surface area (TPSA) is 87.6 Å². The van der Waals surface area contributed by atoms with Crippen molar-refractivity contribution >= 4 is 17.1 Å². The number of alkyl halides is 3. The van der Waals surface area contributed by atoms with Crippen LogP contribution in [0.15, 0.2) is 47.2 Å². The Kier molecular flexibility index (Phi) is 6.70. The Morgan fingerprint density at radius 3 is 2.93 bits per heavy atom. The van der Waals surface area contributed by atoms with Crippen molar-refractivity contribution < 1.29 is 17.6 Å². The Morgan fingerprint density at radius 1 is 1.43 bits per heavy atom. The minimum atomic E-state index is -4.40. The van der Waals surface area contributed by atoms with E-state index in [2.05, 4.69) is 32.2 Å². The van der Waals surface area contributed by atoms with E-state index in [1.54, 1.807) is 0 Å². The Balaban J connectivity index is 1.70. The number of halogens is 4. The number of nitrogens with zero attached hydrogens (tertiary/aromatic N) is 3. The molecule has 2 aromatic rings. The number of hydrogen-bond donors (Lipinski definition) is 3. The Morgan fingerprint density at radius 2 is 2.23 bits per heavy atom. The van der Waals surface area contributed by atoms with Crippen LogP contribution in [0.2, 0.25) is 0 Å². The van der Waals surface area contributed by atoms with E-state index in [1.807, 2.05) is 0 Å². The van der Waals surface area contributed by atoms with Crippen molar-refractivity contribution in [1.82, 2.24) is 24.8 Å². The van der Waals surface area contributed by atoms with Crippen LogP contribution in [0, 0.1) is 5.92 Å². The molecule has 0 radical (unpaired) electrons. The minimum absolute atomic E-state index is 0.0810. The molecule has 0 saturated carbocycles. The van der Waals surface area contributed by atoms with Gasteiger partial charge in [0.1, 0.15) is 11.3 Å². The summed E-state index contributed by atoms with van der Waals surface area (Å²) in [6.07, 6.45) is -0.711. The summed E-state index contributed by atoms with van der Waals surface area (Å²) in [5.41, 5.74) is 0.455. The molecule has 0 unspecified atom stereocenters. The van der Waals surface area contributed by atoms with Crippen LogP contribution < -0.4 is 16.3 Å². The molecule has 162 valence electrons. The zero-order valence-electron chi connectivity index (χ0n) is 16.1. The molecule has 3 N–H and O–H groups in total. The number of allylic oxidation sites excluding steroid dienone is 5. The summed E-state index contributed by atoms with van der Waals surface area (Å²) < 4.78 is 51.4. The number of rotatable bonds is 8. The summed E-state index contributed by atoms with van der Waals surface area (Å²) in [6.45, 7) is 6.17. The van der Waals surface area contributed by atoms with Crippen LogP contribution >= 0.6 is 0 Å². The van der Waals surface area contributed by atoms with Crippen LogP contribution in [0.1, 0.15) is 12.8 Å². The van der Waals surface area contributed by atoms with E-state index in [-0.39, 0.29) is 12.1 Å². The van der Waals surface area contributed by atoms with E-state index >= 15 is 0 Å². The molecule has 1 atom stereocenters. The van der Waals surface area contributed by atoms with E-state index < -0.39 is 24.1 Å². The molecule has 30 heavy (non-hydrogen) atoms. The Hall–Kier alpha value is -2.95. The highest BCUT2D eigenvalue weighted by Gasteiger charge is 2.24. The number of nitrogens with one attached hydrogen (secondary N) is 3. The van der Waals surface area contributed by atoms with Crippen molar-refractivity contribution in [3.8, 4) is 0 Å². The van der Waals surface area contributed by atoms with Gasteiger partial charge in [0.25, 0.3) is 0 Å². The number of H-pyrrole nitrogens is 1. The summed E-state index contributed by atoms with van der Waals surface area (Å²) in [5.74, 6) is -0.0557. The average molecular weight is 426 g/mol. The molecular formula is C19H22F4N6O. The van der Waals surface area contributed by atoms with E-state index in [9.17, 15) is 22.4 Å². The molecule has 2 aromatic heterocycles. The zero-order valence-corrected chi connectivity index (χ0v) is 16.1. The first-order chi connectivity index (χ1) is 14.2.